The topological polar surface area (TPSA) is 32.7 Å². The molecule has 1 aliphatic heterocycles. The Bertz CT molecular complexity index is 710. The summed E-state index contributed by atoms with van der Waals surface area (Å²) in [5.41, 5.74) is 3.33. The predicted octanol–water partition coefficient (Wildman–Crippen LogP) is 4.22. The Labute approximate surface area is 128 Å². The molecule has 106 valence electrons. The van der Waals surface area contributed by atoms with Crippen LogP contribution in [-0.2, 0) is 4.79 Å². The van der Waals surface area contributed by atoms with Gasteiger partial charge in [-0.2, -0.15) is 0 Å². The second kappa shape index (κ2) is 5.70. The minimum absolute atomic E-state index is 0.0427. The molecule has 0 saturated heterocycles. The smallest absolute Gasteiger partial charge is 0.233 e. The van der Waals surface area contributed by atoms with E-state index < -0.39 is 0 Å². The van der Waals surface area contributed by atoms with Gasteiger partial charge >= 0.3 is 0 Å². The lowest BCUT2D eigenvalue weighted by Crippen LogP contribution is -2.31. The van der Waals surface area contributed by atoms with E-state index in [0.717, 1.165) is 22.6 Å². The Morgan fingerprint density at radius 3 is 2.67 bits per heavy atom. The molecule has 1 heterocycles. The lowest BCUT2D eigenvalue weighted by molar-refractivity contribution is -0.117. The van der Waals surface area contributed by atoms with Crippen LogP contribution in [0.25, 0.3) is 0 Å². The van der Waals surface area contributed by atoms with E-state index in [2.05, 4.69) is 0 Å². The molecule has 0 aliphatic carbocycles. The summed E-state index contributed by atoms with van der Waals surface area (Å²) in [6.07, 6.45) is 0.296. The van der Waals surface area contributed by atoms with Gasteiger partial charge in [0.15, 0.2) is 0 Å². The second-order valence-electron chi connectivity index (χ2n) is 4.87. The number of nitrogens with zero attached hydrogens (tertiary/aromatic N) is 2. The fourth-order valence-electron chi connectivity index (χ4n) is 2.51. The summed E-state index contributed by atoms with van der Waals surface area (Å²) >= 11 is 6.07. The quantitative estimate of drug-likeness (QED) is 0.817. The van der Waals surface area contributed by atoms with E-state index in [1.165, 1.54) is 0 Å². The van der Waals surface area contributed by atoms with Crippen LogP contribution in [0.15, 0.2) is 53.5 Å². The fourth-order valence-corrected chi connectivity index (χ4v) is 2.68. The first-order chi connectivity index (χ1) is 10.2. The molecule has 4 heteroatoms. The number of rotatable bonds is 2. The third-order valence-electron chi connectivity index (χ3n) is 3.53. The van der Waals surface area contributed by atoms with E-state index >= 15 is 0 Å². The zero-order valence-corrected chi connectivity index (χ0v) is 12.5. The van der Waals surface area contributed by atoms with Gasteiger partial charge in [-0.25, -0.2) is 0 Å². The van der Waals surface area contributed by atoms with Crippen LogP contribution in [0.2, 0.25) is 5.02 Å². The molecule has 2 aromatic rings. The molecule has 0 unspecified atom stereocenters. The Hall–Kier alpha value is -2.13. The van der Waals surface area contributed by atoms with Crippen molar-refractivity contribution >= 4 is 34.6 Å². The highest BCUT2D eigenvalue weighted by Crippen LogP contribution is 2.35. The molecule has 3 nitrogen and oxygen atoms in total. The monoisotopic (exact) mass is 298 g/mol. The molecule has 2 aromatic carbocycles. The maximum Gasteiger partial charge on any atom is 0.233 e. The van der Waals surface area contributed by atoms with Crippen LogP contribution >= 0.6 is 11.6 Å². The summed E-state index contributed by atoms with van der Waals surface area (Å²) in [7, 11) is 0. The molecule has 0 radical (unpaired) electrons. The van der Waals surface area contributed by atoms with Crippen LogP contribution in [-0.4, -0.2) is 18.2 Å². The van der Waals surface area contributed by atoms with Crippen LogP contribution in [0.5, 0.6) is 0 Å². The fraction of sp³-hybridized carbons (Fsp3) is 0.176. The highest BCUT2D eigenvalue weighted by Gasteiger charge is 2.23. The molecule has 1 amide bonds. The first kappa shape index (κ1) is 13.8. The molecular weight excluding hydrogens is 284 g/mol. The Kier molecular flexibility index (Phi) is 3.76. The molecule has 0 N–H and O–H groups in total. The Morgan fingerprint density at radius 1 is 1.19 bits per heavy atom. The van der Waals surface area contributed by atoms with Crippen molar-refractivity contribution in [2.24, 2.45) is 4.99 Å². The Morgan fingerprint density at radius 2 is 1.95 bits per heavy atom. The van der Waals surface area contributed by atoms with Crippen LogP contribution in [0.1, 0.15) is 18.9 Å². The van der Waals surface area contributed by atoms with Crippen LogP contribution < -0.4 is 4.90 Å². The second-order valence-corrected chi connectivity index (χ2v) is 5.31. The molecule has 0 aromatic heterocycles. The SMILES string of the molecule is CCN1C(=O)CC(c2ccccc2)=Nc2ccc(Cl)cc21. The van der Waals surface area contributed by atoms with Gasteiger partial charge in [-0.3, -0.25) is 9.79 Å². The van der Waals surface area contributed by atoms with E-state index in [0.29, 0.717) is 18.0 Å². The van der Waals surface area contributed by atoms with Crippen LogP contribution in [0, 0.1) is 0 Å². The number of amides is 1. The standard InChI is InChI=1S/C17H15ClN2O/c1-2-20-16-10-13(18)8-9-14(16)19-15(11-17(20)21)12-6-4-3-5-7-12/h3-10H,2,11H2,1H3. The third kappa shape index (κ3) is 2.69. The van der Waals surface area contributed by atoms with Gasteiger partial charge in [0, 0.05) is 11.6 Å². The zero-order valence-electron chi connectivity index (χ0n) is 11.7. The molecule has 0 atom stereocenters. The molecule has 0 saturated carbocycles. The van der Waals surface area contributed by atoms with Gasteiger partial charge in [0.1, 0.15) is 0 Å². The third-order valence-corrected chi connectivity index (χ3v) is 3.76. The number of hydrogen-bond donors (Lipinski definition) is 0. The summed E-state index contributed by atoms with van der Waals surface area (Å²) in [6, 6.07) is 15.3. The minimum Gasteiger partial charge on any atom is -0.310 e. The lowest BCUT2D eigenvalue weighted by Gasteiger charge is -2.20. The molecular formula is C17H15ClN2O. The molecule has 21 heavy (non-hydrogen) atoms. The van der Waals surface area contributed by atoms with Gasteiger partial charge < -0.3 is 4.90 Å². The lowest BCUT2D eigenvalue weighted by atomic mass is 10.1. The van der Waals surface area contributed by atoms with Gasteiger partial charge in [0.05, 0.1) is 23.5 Å². The molecule has 0 spiro atoms. The van der Waals surface area contributed by atoms with Gasteiger partial charge in [-0.1, -0.05) is 41.9 Å². The summed E-state index contributed by atoms with van der Waals surface area (Å²) in [6.45, 7) is 2.56. The number of halogens is 1. The highest BCUT2D eigenvalue weighted by atomic mass is 35.5. The van der Waals surface area contributed by atoms with E-state index in [-0.39, 0.29) is 5.91 Å². The number of carbonyl (C=O) groups is 1. The number of fused-ring (bicyclic) bond motifs is 1. The van der Waals surface area contributed by atoms with Crippen molar-refractivity contribution in [2.45, 2.75) is 13.3 Å². The number of carbonyl (C=O) groups excluding carboxylic acids is 1. The maximum absolute atomic E-state index is 12.5. The van der Waals surface area contributed by atoms with Gasteiger partial charge in [-0.05, 0) is 30.7 Å². The molecule has 0 fully saturated rings. The average Bonchev–Trinajstić information content (AvgIpc) is 2.63. The average molecular weight is 299 g/mol. The van der Waals surface area contributed by atoms with E-state index in [1.807, 2.05) is 43.3 Å². The largest absolute Gasteiger partial charge is 0.310 e. The van der Waals surface area contributed by atoms with E-state index in [9.17, 15) is 4.79 Å². The van der Waals surface area contributed by atoms with E-state index in [4.69, 9.17) is 16.6 Å². The zero-order chi connectivity index (χ0) is 14.8. The first-order valence-corrected chi connectivity index (χ1v) is 7.29. The number of anilines is 1. The van der Waals surface area contributed by atoms with Crippen molar-refractivity contribution in [3.63, 3.8) is 0 Å². The number of aliphatic imine (C=N–C) groups is 1. The highest BCUT2D eigenvalue weighted by molar-refractivity contribution is 6.31. The Balaban J connectivity index is 2.15. The molecule has 3 rings (SSSR count). The van der Waals surface area contributed by atoms with Crippen LogP contribution in [0.4, 0.5) is 11.4 Å². The maximum atomic E-state index is 12.5. The summed E-state index contributed by atoms with van der Waals surface area (Å²) in [4.78, 5) is 18.9. The van der Waals surface area contributed by atoms with Crippen molar-refractivity contribution in [2.75, 3.05) is 11.4 Å². The predicted molar refractivity (Wildman–Crippen MR) is 86.7 cm³/mol. The van der Waals surface area contributed by atoms with Gasteiger partial charge in [0.2, 0.25) is 5.91 Å². The molecule has 0 bridgehead atoms. The van der Waals surface area contributed by atoms with Crippen molar-refractivity contribution < 1.29 is 4.79 Å². The number of benzene rings is 2. The van der Waals surface area contributed by atoms with Gasteiger partial charge in [0.25, 0.3) is 0 Å². The van der Waals surface area contributed by atoms with E-state index in [1.54, 1.807) is 17.0 Å². The molecule has 1 aliphatic rings. The van der Waals surface area contributed by atoms with Crippen molar-refractivity contribution in [3.8, 4) is 0 Å². The normalized spacial score (nSPS) is 14.5. The first-order valence-electron chi connectivity index (χ1n) is 6.92. The number of hydrogen-bond acceptors (Lipinski definition) is 2. The summed E-state index contributed by atoms with van der Waals surface area (Å²) in [5.74, 6) is 0.0427. The van der Waals surface area contributed by atoms with Crippen molar-refractivity contribution in [1.29, 1.82) is 0 Å². The summed E-state index contributed by atoms with van der Waals surface area (Å²) in [5, 5.41) is 0.610. The van der Waals surface area contributed by atoms with Gasteiger partial charge in [-0.15, -0.1) is 0 Å². The van der Waals surface area contributed by atoms with Crippen molar-refractivity contribution in [1.82, 2.24) is 0 Å². The minimum atomic E-state index is 0.0427. The van der Waals surface area contributed by atoms with Crippen molar-refractivity contribution in [3.05, 3.63) is 59.1 Å². The summed E-state index contributed by atoms with van der Waals surface area (Å²) < 4.78 is 0. The van der Waals surface area contributed by atoms with Crippen LogP contribution in [0.3, 0.4) is 0 Å².